The van der Waals surface area contributed by atoms with Crippen molar-refractivity contribution in [2.75, 3.05) is 13.2 Å². The zero-order valence-corrected chi connectivity index (χ0v) is 12.2. The molecule has 0 amide bonds. The molecule has 0 atom stereocenters. The first-order valence-corrected chi connectivity index (χ1v) is 7.44. The summed E-state index contributed by atoms with van der Waals surface area (Å²) < 4.78 is 30.9. The molecule has 0 bridgehead atoms. The van der Waals surface area contributed by atoms with Gasteiger partial charge in [0.15, 0.2) is 6.61 Å². The highest BCUT2D eigenvalue weighted by molar-refractivity contribution is 7.89. The van der Waals surface area contributed by atoms with E-state index in [9.17, 15) is 13.2 Å². The number of carbonyl (C=O) groups excluding carboxylic acids is 1. The van der Waals surface area contributed by atoms with Gasteiger partial charge in [0, 0.05) is 6.54 Å². The number of aryl methyl sites for hydroxylation is 2. The summed E-state index contributed by atoms with van der Waals surface area (Å²) >= 11 is 0. The van der Waals surface area contributed by atoms with Crippen LogP contribution in [0.2, 0.25) is 0 Å². The topological polar surface area (TPSA) is 96.3 Å². The fourth-order valence-corrected chi connectivity index (χ4v) is 2.91. The third-order valence-corrected chi connectivity index (χ3v) is 4.16. The van der Waals surface area contributed by atoms with Gasteiger partial charge in [-0.3, -0.25) is 4.79 Å². The highest BCUT2D eigenvalue weighted by atomic mass is 32.2. The number of ether oxygens (including phenoxy) is 1. The average molecular weight is 296 g/mol. The minimum Gasteiger partial charge on any atom is -0.450 e. The first kappa shape index (κ1) is 16.1. The molecule has 0 aliphatic heterocycles. The molecule has 0 radical (unpaired) electrons. The number of nitrogens with one attached hydrogen (secondary N) is 1. The smallest absolute Gasteiger partial charge is 0.308 e. The summed E-state index contributed by atoms with van der Waals surface area (Å²) in [7, 11) is -3.65. The number of sulfonamides is 1. The zero-order chi connectivity index (χ0) is 15.2. The fourth-order valence-electron chi connectivity index (χ4n) is 1.65. The van der Waals surface area contributed by atoms with Crippen LogP contribution in [0.25, 0.3) is 0 Å². The maximum atomic E-state index is 12.0. The number of rotatable bonds is 6. The molecule has 1 aromatic rings. The summed E-state index contributed by atoms with van der Waals surface area (Å²) in [6, 6.07) is 6.68. The van der Waals surface area contributed by atoms with Gasteiger partial charge in [0.05, 0.1) is 11.3 Å². The molecule has 0 aromatic heterocycles. The van der Waals surface area contributed by atoms with Gasteiger partial charge in [0.1, 0.15) is 6.07 Å². The Bertz CT molecular complexity index is 632. The summed E-state index contributed by atoms with van der Waals surface area (Å²) in [6.45, 7) is 3.19. The largest absolute Gasteiger partial charge is 0.450 e. The van der Waals surface area contributed by atoms with Crippen LogP contribution in [-0.2, 0) is 19.6 Å². The molecule has 0 spiro atoms. The van der Waals surface area contributed by atoms with Crippen LogP contribution in [0.4, 0.5) is 0 Å². The lowest BCUT2D eigenvalue weighted by molar-refractivity contribution is -0.142. The van der Waals surface area contributed by atoms with Crippen molar-refractivity contribution in [2.45, 2.75) is 25.2 Å². The molecule has 0 aliphatic carbocycles. The Balaban J connectivity index is 2.63. The third kappa shape index (κ3) is 4.64. The molecule has 1 aromatic carbocycles. The van der Waals surface area contributed by atoms with Crippen molar-refractivity contribution in [1.82, 2.24) is 4.72 Å². The first-order valence-electron chi connectivity index (χ1n) is 5.96. The molecule has 0 aliphatic rings. The van der Waals surface area contributed by atoms with E-state index >= 15 is 0 Å². The molecule has 0 saturated carbocycles. The van der Waals surface area contributed by atoms with Gasteiger partial charge in [-0.1, -0.05) is 17.7 Å². The molecule has 0 heterocycles. The number of nitrogens with zero attached hydrogens (tertiary/aromatic N) is 1. The minimum atomic E-state index is -3.65. The predicted octanol–water partition coefficient (Wildman–Crippen LogP) is 1.04. The number of esters is 1. The van der Waals surface area contributed by atoms with E-state index in [0.717, 1.165) is 5.56 Å². The van der Waals surface area contributed by atoms with Gasteiger partial charge in [-0.15, -0.1) is 0 Å². The standard InChI is InChI=1S/C13H16N2O4S/c1-10-3-4-12(11(2)9-10)20(17,18)15-7-5-13(16)19-8-6-14/h3-4,9,15H,5,7-8H2,1-2H3. The summed E-state index contributed by atoms with van der Waals surface area (Å²) in [5.74, 6) is -0.616. The van der Waals surface area contributed by atoms with E-state index in [-0.39, 0.29) is 24.5 Å². The number of benzene rings is 1. The lowest BCUT2D eigenvalue weighted by Gasteiger charge is -2.09. The fraction of sp³-hybridized carbons (Fsp3) is 0.385. The number of nitriles is 1. The lowest BCUT2D eigenvalue weighted by Crippen LogP contribution is -2.27. The molecule has 1 rings (SSSR count). The van der Waals surface area contributed by atoms with E-state index in [0.29, 0.717) is 5.56 Å². The first-order chi connectivity index (χ1) is 9.36. The van der Waals surface area contributed by atoms with E-state index in [2.05, 4.69) is 9.46 Å². The zero-order valence-electron chi connectivity index (χ0n) is 11.3. The third-order valence-electron chi connectivity index (χ3n) is 2.54. The molecule has 108 valence electrons. The molecule has 6 nitrogen and oxygen atoms in total. The van der Waals surface area contributed by atoms with E-state index in [1.54, 1.807) is 25.1 Å². The van der Waals surface area contributed by atoms with Crippen LogP contribution in [0.5, 0.6) is 0 Å². The maximum absolute atomic E-state index is 12.0. The lowest BCUT2D eigenvalue weighted by atomic mass is 10.2. The Kier molecular flexibility index (Phi) is 5.67. The van der Waals surface area contributed by atoms with Crippen LogP contribution in [-0.4, -0.2) is 27.5 Å². The minimum absolute atomic E-state index is 0.0695. The van der Waals surface area contributed by atoms with Crippen LogP contribution in [0.15, 0.2) is 23.1 Å². The quantitative estimate of drug-likeness (QED) is 0.791. The van der Waals surface area contributed by atoms with E-state index < -0.39 is 16.0 Å². The maximum Gasteiger partial charge on any atom is 0.308 e. The van der Waals surface area contributed by atoms with Crippen LogP contribution < -0.4 is 4.72 Å². The Hall–Kier alpha value is -1.91. The Morgan fingerprint density at radius 2 is 2.10 bits per heavy atom. The highest BCUT2D eigenvalue weighted by Crippen LogP contribution is 2.16. The van der Waals surface area contributed by atoms with Gasteiger partial charge in [-0.05, 0) is 25.5 Å². The van der Waals surface area contributed by atoms with Crippen LogP contribution in [0.1, 0.15) is 17.5 Å². The van der Waals surface area contributed by atoms with Crippen molar-refractivity contribution >= 4 is 16.0 Å². The van der Waals surface area contributed by atoms with Crippen molar-refractivity contribution in [1.29, 1.82) is 5.26 Å². The summed E-state index contributed by atoms with van der Waals surface area (Å²) in [4.78, 5) is 11.3. The van der Waals surface area contributed by atoms with Gasteiger partial charge < -0.3 is 4.74 Å². The molecular weight excluding hydrogens is 280 g/mol. The summed E-state index contributed by atoms with van der Waals surface area (Å²) in [5.41, 5.74) is 1.62. The number of hydrogen-bond donors (Lipinski definition) is 1. The number of carbonyl (C=O) groups is 1. The molecule has 0 unspecified atom stereocenters. The van der Waals surface area contributed by atoms with Crippen molar-refractivity contribution in [3.05, 3.63) is 29.3 Å². The van der Waals surface area contributed by atoms with Crippen LogP contribution >= 0.6 is 0 Å². The van der Waals surface area contributed by atoms with Crippen LogP contribution in [0.3, 0.4) is 0 Å². The predicted molar refractivity (Wildman–Crippen MR) is 72.3 cm³/mol. The van der Waals surface area contributed by atoms with E-state index in [1.165, 1.54) is 6.07 Å². The van der Waals surface area contributed by atoms with E-state index in [4.69, 9.17) is 5.26 Å². The van der Waals surface area contributed by atoms with Gasteiger partial charge in [-0.2, -0.15) is 5.26 Å². The molecule has 0 saturated heterocycles. The molecule has 20 heavy (non-hydrogen) atoms. The SMILES string of the molecule is Cc1ccc(S(=O)(=O)NCCC(=O)OCC#N)c(C)c1. The second-order valence-corrected chi connectivity index (χ2v) is 5.97. The monoisotopic (exact) mass is 296 g/mol. The van der Waals surface area contributed by atoms with E-state index in [1.807, 2.05) is 6.92 Å². The normalized spacial score (nSPS) is 10.8. The van der Waals surface area contributed by atoms with Gasteiger partial charge in [-0.25, -0.2) is 13.1 Å². The van der Waals surface area contributed by atoms with Gasteiger partial charge in [0.2, 0.25) is 10.0 Å². The van der Waals surface area contributed by atoms with Crippen LogP contribution in [0, 0.1) is 25.2 Å². The Labute approximate surface area is 118 Å². The second kappa shape index (κ2) is 7.03. The van der Waals surface area contributed by atoms with Gasteiger partial charge >= 0.3 is 5.97 Å². The van der Waals surface area contributed by atoms with Crippen molar-refractivity contribution in [2.24, 2.45) is 0 Å². The second-order valence-electron chi connectivity index (χ2n) is 4.24. The number of hydrogen-bond acceptors (Lipinski definition) is 5. The molecule has 0 fully saturated rings. The Morgan fingerprint density at radius 3 is 2.70 bits per heavy atom. The van der Waals surface area contributed by atoms with Gasteiger partial charge in [0.25, 0.3) is 0 Å². The molecule has 1 N–H and O–H groups in total. The summed E-state index contributed by atoms with van der Waals surface area (Å²) in [5, 5.41) is 8.23. The molecular formula is C13H16N2O4S. The highest BCUT2D eigenvalue weighted by Gasteiger charge is 2.16. The van der Waals surface area contributed by atoms with Crippen molar-refractivity contribution < 1.29 is 17.9 Å². The Morgan fingerprint density at radius 1 is 1.40 bits per heavy atom. The molecule has 7 heteroatoms. The van der Waals surface area contributed by atoms with Crippen molar-refractivity contribution in [3.8, 4) is 6.07 Å². The summed E-state index contributed by atoms with van der Waals surface area (Å²) in [6.07, 6.45) is -0.119. The van der Waals surface area contributed by atoms with Crippen molar-refractivity contribution in [3.63, 3.8) is 0 Å². The average Bonchev–Trinajstić information content (AvgIpc) is 2.35.